The van der Waals surface area contributed by atoms with E-state index in [1.165, 1.54) is 19.2 Å². The van der Waals surface area contributed by atoms with E-state index in [1.54, 1.807) is 0 Å². The zero-order chi connectivity index (χ0) is 24.0. The summed E-state index contributed by atoms with van der Waals surface area (Å²) in [5, 5.41) is 17.0. The highest BCUT2D eigenvalue weighted by Crippen LogP contribution is 2.31. The number of hydrogen-bond donors (Lipinski definition) is 3. The van der Waals surface area contributed by atoms with Gasteiger partial charge in [-0.1, -0.05) is 0 Å². The topological polar surface area (TPSA) is 115 Å². The van der Waals surface area contributed by atoms with Gasteiger partial charge in [0.25, 0.3) is 0 Å². The minimum atomic E-state index is -0.604. The van der Waals surface area contributed by atoms with E-state index in [-0.39, 0.29) is 40.3 Å². The molecular formula is C21H27F2N9O. The van der Waals surface area contributed by atoms with E-state index >= 15 is 0 Å². The molecule has 1 aliphatic rings. The molecule has 0 unspecified atom stereocenters. The quantitative estimate of drug-likeness (QED) is 0.533. The molecule has 0 atom stereocenters. The third-order valence-electron chi connectivity index (χ3n) is 5.38. The fourth-order valence-corrected chi connectivity index (χ4v) is 4.52. The van der Waals surface area contributed by atoms with Gasteiger partial charge in [-0.25, -0.2) is 18.6 Å². The van der Waals surface area contributed by atoms with Gasteiger partial charge in [-0.2, -0.15) is 14.3 Å². The van der Waals surface area contributed by atoms with Crippen LogP contribution in [-0.4, -0.2) is 46.9 Å². The van der Waals surface area contributed by atoms with Gasteiger partial charge in [-0.15, -0.1) is 0 Å². The Morgan fingerprint density at radius 2 is 1.79 bits per heavy atom. The predicted molar refractivity (Wildman–Crippen MR) is 120 cm³/mol. The molecule has 10 nitrogen and oxygen atoms in total. The Morgan fingerprint density at radius 1 is 1.09 bits per heavy atom. The molecule has 33 heavy (non-hydrogen) atoms. The van der Waals surface area contributed by atoms with Crippen LogP contribution in [0.1, 0.15) is 40.5 Å². The van der Waals surface area contributed by atoms with Gasteiger partial charge >= 0.3 is 5.69 Å². The van der Waals surface area contributed by atoms with Gasteiger partial charge in [0.05, 0.1) is 11.9 Å². The number of nitrogens with zero attached hydrogens (tertiary/aromatic N) is 6. The number of anilines is 3. The molecule has 0 radical (unpaired) electrons. The number of halogens is 2. The lowest BCUT2D eigenvalue weighted by atomic mass is 9.79. The first-order valence-corrected chi connectivity index (χ1v) is 10.6. The van der Waals surface area contributed by atoms with Crippen molar-refractivity contribution in [2.24, 2.45) is 7.05 Å². The van der Waals surface area contributed by atoms with Crippen molar-refractivity contribution in [1.29, 1.82) is 0 Å². The van der Waals surface area contributed by atoms with Crippen LogP contribution in [0.5, 0.6) is 0 Å². The third kappa shape index (κ3) is 5.16. The minimum absolute atomic E-state index is 0.00203. The Labute approximate surface area is 189 Å². The molecule has 0 amide bonds. The number of tetrazole rings is 1. The molecule has 4 rings (SSSR count). The number of aryl methyl sites for hydroxylation is 1. The monoisotopic (exact) mass is 459 g/mol. The molecule has 3 heterocycles. The van der Waals surface area contributed by atoms with Gasteiger partial charge in [-0.05, 0) is 69.2 Å². The fourth-order valence-electron chi connectivity index (χ4n) is 4.52. The van der Waals surface area contributed by atoms with Crippen LogP contribution in [0.2, 0.25) is 0 Å². The van der Waals surface area contributed by atoms with Crippen molar-refractivity contribution in [2.45, 2.75) is 57.7 Å². The molecule has 3 N–H and O–H groups in total. The Bertz CT molecular complexity index is 1220. The Morgan fingerprint density at radius 3 is 2.42 bits per heavy atom. The second-order valence-corrected chi connectivity index (χ2v) is 9.65. The fraction of sp³-hybridized carbons (Fsp3) is 0.476. The molecule has 1 fully saturated rings. The highest BCUT2D eigenvalue weighted by molar-refractivity contribution is 5.58. The van der Waals surface area contributed by atoms with Gasteiger partial charge in [0.2, 0.25) is 5.95 Å². The molecule has 0 spiro atoms. The van der Waals surface area contributed by atoms with Gasteiger partial charge in [0.15, 0.2) is 11.6 Å². The largest absolute Gasteiger partial charge is 0.368 e. The number of aromatic nitrogens is 6. The summed E-state index contributed by atoms with van der Waals surface area (Å²) in [5.74, 6) is -1.05. The zero-order valence-corrected chi connectivity index (χ0v) is 19.1. The predicted octanol–water partition coefficient (Wildman–Crippen LogP) is 2.50. The standard InChI is InChI=1S/C21H27F2N9O/c1-20(2)9-14(10-21(3,4)28-20)25-17-16(23)11-24-18(27-17)26-13-6-12(22)7-15(8-13)32-19(33)31(5)29-30-32/h6-8,11,14,28H,9-10H2,1-5H3,(H2,24,25,26,27). The van der Waals surface area contributed by atoms with Crippen molar-refractivity contribution in [3.8, 4) is 5.69 Å². The van der Waals surface area contributed by atoms with Gasteiger partial charge in [-0.3, -0.25) is 0 Å². The highest BCUT2D eigenvalue weighted by atomic mass is 19.1. The van der Waals surface area contributed by atoms with E-state index in [0.29, 0.717) is 0 Å². The van der Waals surface area contributed by atoms with Crippen LogP contribution >= 0.6 is 0 Å². The van der Waals surface area contributed by atoms with Crippen LogP contribution in [0.4, 0.5) is 26.2 Å². The maximum atomic E-state index is 14.5. The summed E-state index contributed by atoms with van der Waals surface area (Å²) in [6.07, 6.45) is 2.62. The number of rotatable bonds is 5. The van der Waals surface area contributed by atoms with Crippen LogP contribution in [0.25, 0.3) is 5.69 Å². The molecule has 1 aliphatic heterocycles. The first-order chi connectivity index (χ1) is 15.4. The maximum absolute atomic E-state index is 14.5. The van der Waals surface area contributed by atoms with Gasteiger partial charge < -0.3 is 16.0 Å². The van der Waals surface area contributed by atoms with Crippen LogP contribution in [0.15, 0.2) is 29.2 Å². The minimum Gasteiger partial charge on any atom is -0.365 e. The van der Waals surface area contributed by atoms with Crippen molar-refractivity contribution < 1.29 is 8.78 Å². The Kier molecular flexibility index (Phi) is 5.64. The molecule has 176 valence electrons. The SMILES string of the molecule is Cn1nnn(-c2cc(F)cc(Nc3ncc(F)c(NC4CC(C)(C)NC(C)(C)C4)n3)c2)c1=O. The lowest BCUT2D eigenvalue weighted by Crippen LogP contribution is -2.60. The molecule has 0 aliphatic carbocycles. The summed E-state index contributed by atoms with van der Waals surface area (Å²) < 4.78 is 30.7. The molecule has 0 bridgehead atoms. The van der Waals surface area contributed by atoms with E-state index < -0.39 is 17.3 Å². The summed E-state index contributed by atoms with van der Waals surface area (Å²) in [6, 6.07) is 3.86. The van der Waals surface area contributed by atoms with Crippen molar-refractivity contribution in [3.05, 3.63) is 46.5 Å². The van der Waals surface area contributed by atoms with E-state index in [0.717, 1.165) is 34.5 Å². The van der Waals surface area contributed by atoms with Crippen molar-refractivity contribution in [2.75, 3.05) is 10.6 Å². The van der Waals surface area contributed by atoms with Crippen molar-refractivity contribution in [3.63, 3.8) is 0 Å². The zero-order valence-electron chi connectivity index (χ0n) is 19.1. The third-order valence-corrected chi connectivity index (χ3v) is 5.38. The summed E-state index contributed by atoms with van der Waals surface area (Å²) >= 11 is 0. The maximum Gasteiger partial charge on any atom is 0.368 e. The molecule has 12 heteroatoms. The van der Waals surface area contributed by atoms with Gasteiger partial charge in [0, 0.05) is 29.9 Å². The number of nitrogens with one attached hydrogen (secondary N) is 3. The molecule has 2 aromatic heterocycles. The van der Waals surface area contributed by atoms with E-state index in [1.807, 2.05) is 0 Å². The first-order valence-electron chi connectivity index (χ1n) is 10.6. The summed E-state index contributed by atoms with van der Waals surface area (Å²) in [4.78, 5) is 20.3. The van der Waals surface area contributed by atoms with Crippen LogP contribution < -0.4 is 21.6 Å². The summed E-state index contributed by atoms with van der Waals surface area (Å²) in [7, 11) is 1.44. The van der Waals surface area contributed by atoms with E-state index in [2.05, 4.69) is 64.0 Å². The Hall–Kier alpha value is -3.41. The number of hydrogen-bond acceptors (Lipinski definition) is 8. The van der Waals surface area contributed by atoms with Crippen LogP contribution in [0.3, 0.4) is 0 Å². The highest BCUT2D eigenvalue weighted by Gasteiger charge is 2.38. The van der Waals surface area contributed by atoms with Crippen molar-refractivity contribution >= 4 is 17.5 Å². The smallest absolute Gasteiger partial charge is 0.365 e. The number of piperidine rings is 1. The molecular weight excluding hydrogens is 432 g/mol. The van der Waals surface area contributed by atoms with E-state index in [9.17, 15) is 13.6 Å². The molecule has 1 saturated heterocycles. The second-order valence-electron chi connectivity index (χ2n) is 9.65. The normalized spacial score (nSPS) is 17.7. The lowest BCUT2D eigenvalue weighted by Gasteiger charge is -2.46. The molecule has 3 aromatic rings. The summed E-state index contributed by atoms with van der Waals surface area (Å²) in [5.41, 5.74) is -0.329. The molecule has 0 saturated carbocycles. The Balaban J connectivity index is 1.57. The van der Waals surface area contributed by atoms with Crippen LogP contribution in [0, 0.1) is 11.6 Å². The van der Waals surface area contributed by atoms with Crippen LogP contribution in [-0.2, 0) is 7.05 Å². The average Bonchev–Trinajstić information content (AvgIpc) is 3.00. The second kappa shape index (κ2) is 8.18. The number of benzene rings is 1. The summed E-state index contributed by atoms with van der Waals surface area (Å²) in [6.45, 7) is 8.43. The van der Waals surface area contributed by atoms with Gasteiger partial charge in [0.1, 0.15) is 5.82 Å². The average molecular weight is 460 g/mol. The van der Waals surface area contributed by atoms with Crippen molar-refractivity contribution in [1.82, 2.24) is 35.1 Å². The first kappa shape index (κ1) is 22.8. The lowest BCUT2D eigenvalue weighted by molar-refractivity contribution is 0.170. The van der Waals surface area contributed by atoms with E-state index in [4.69, 9.17) is 0 Å². The molecule has 1 aromatic carbocycles.